The predicted octanol–water partition coefficient (Wildman–Crippen LogP) is 4.11. The lowest BCUT2D eigenvalue weighted by atomic mass is 10.0. The molecular weight excluding hydrogens is 420 g/mol. The van der Waals surface area contributed by atoms with Crippen molar-refractivity contribution in [2.45, 2.75) is 39.3 Å². The number of halogens is 1. The van der Waals surface area contributed by atoms with Crippen LogP contribution in [0.2, 0.25) is 0 Å². The van der Waals surface area contributed by atoms with Gasteiger partial charge in [0, 0.05) is 18.1 Å². The molecule has 0 aliphatic carbocycles. The average molecular weight is 447 g/mol. The van der Waals surface area contributed by atoms with E-state index in [1.165, 1.54) is 0 Å². The van der Waals surface area contributed by atoms with Gasteiger partial charge in [0.25, 0.3) is 5.91 Å². The molecule has 0 radical (unpaired) electrons. The first-order valence-electron chi connectivity index (χ1n) is 9.30. The van der Waals surface area contributed by atoms with Gasteiger partial charge in [-0.05, 0) is 42.2 Å². The summed E-state index contributed by atoms with van der Waals surface area (Å²) in [5, 5.41) is 2.61. The topological polar surface area (TPSA) is 58.6 Å². The maximum absolute atomic E-state index is 13.0. The zero-order valence-electron chi connectivity index (χ0n) is 16.7. The van der Waals surface area contributed by atoms with Crippen molar-refractivity contribution in [1.82, 2.24) is 10.2 Å². The Balaban J connectivity index is 2.18. The lowest BCUT2D eigenvalue weighted by Crippen LogP contribution is -2.48. The summed E-state index contributed by atoms with van der Waals surface area (Å²) in [5.41, 5.74) is 1.98. The zero-order chi connectivity index (χ0) is 20.7. The molecule has 28 heavy (non-hydrogen) atoms. The van der Waals surface area contributed by atoms with Crippen LogP contribution in [0.4, 0.5) is 0 Å². The van der Waals surface area contributed by atoms with E-state index < -0.39 is 6.04 Å². The Bertz CT molecular complexity index is 823. The van der Waals surface area contributed by atoms with E-state index in [9.17, 15) is 9.59 Å². The van der Waals surface area contributed by atoms with Gasteiger partial charge in [0.05, 0.1) is 0 Å². The maximum atomic E-state index is 13.0. The Morgan fingerprint density at radius 1 is 1.11 bits per heavy atom. The lowest BCUT2D eigenvalue weighted by Gasteiger charge is -2.28. The Hall–Kier alpha value is -2.34. The molecule has 0 saturated heterocycles. The summed E-state index contributed by atoms with van der Waals surface area (Å²) in [4.78, 5) is 26.7. The highest BCUT2D eigenvalue weighted by Crippen LogP contribution is 2.26. The van der Waals surface area contributed by atoms with Crippen molar-refractivity contribution < 1.29 is 14.3 Å². The van der Waals surface area contributed by atoms with Crippen LogP contribution in [0.15, 0.2) is 53.0 Å². The molecular formula is C22H27BrN2O3. The Morgan fingerprint density at radius 2 is 1.82 bits per heavy atom. The van der Waals surface area contributed by atoms with Gasteiger partial charge in [-0.2, -0.15) is 0 Å². The molecule has 6 heteroatoms. The van der Waals surface area contributed by atoms with E-state index in [1.807, 2.05) is 48.5 Å². The predicted molar refractivity (Wildman–Crippen MR) is 114 cm³/mol. The third-order valence-electron chi connectivity index (χ3n) is 4.55. The van der Waals surface area contributed by atoms with E-state index in [-0.39, 0.29) is 24.3 Å². The van der Waals surface area contributed by atoms with Crippen LogP contribution >= 0.6 is 15.9 Å². The molecule has 0 heterocycles. The van der Waals surface area contributed by atoms with E-state index in [4.69, 9.17) is 4.74 Å². The summed E-state index contributed by atoms with van der Waals surface area (Å²) in [6.45, 7) is 6.08. The van der Waals surface area contributed by atoms with Crippen molar-refractivity contribution in [2.75, 3.05) is 13.7 Å². The van der Waals surface area contributed by atoms with E-state index in [0.29, 0.717) is 12.3 Å². The smallest absolute Gasteiger partial charge is 0.261 e. The summed E-state index contributed by atoms with van der Waals surface area (Å²) in [6, 6.07) is 14.8. The minimum absolute atomic E-state index is 0.126. The molecule has 0 aliphatic heterocycles. The molecule has 5 nitrogen and oxygen atoms in total. The molecule has 0 saturated carbocycles. The van der Waals surface area contributed by atoms with Gasteiger partial charge in [-0.1, -0.05) is 60.1 Å². The maximum Gasteiger partial charge on any atom is 0.261 e. The fourth-order valence-corrected chi connectivity index (χ4v) is 3.38. The summed E-state index contributed by atoms with van der Waals surface area (Å²) in [5.74, 6) is 0.523. The molecule has 1 atom stereocenters. The first-order valence-corrected chi connectivity index (χ1v) is 10.1. The molecule has 0 aromatic heterocycles. The number of carbonyl (C=O) groups excluding carboxylic acids is 2. The van der Waals surface area contributed by atoms with Crippen molar-refractivity contribution in [2.24, 2.45) is 0 Å². The van der Waals surface area contributed by atoms with E-state index >= 15 is 0 Å². The number of carbonyl (C=O) groups is 2. The Kier molecular flexibility index (Phi) is 8.05. The van der Waals surface area contributed by atoms with Gasteiger partial charge in [0.15, 0.2) is 6.61 Å². The van der Waals surface area contributed by atoms with Crippen LogP contribution in [0.1, 0.15) is 37.8 Å². The summed E-state index contributed by atoms with van der Waals surface area (Å²) < 4.78 is 6.76. The number of hydrogen-bond donors (Lipinski definition) is 1. The first kappa shape index (κ1) is 22.0. The second kappa shape index (κ2) is 10.3. The van der Waals surface area contributed by atoms with Gasteiger partial charge in [-0.3, -0.25) is 9.59 Å². The van der Waals surface area contributed by atoms with Crippen molar-refractivity contribution in [3.8, 4) is 5.75 Å². The summed E-state index contributed by atoms with van der Waals surface area (Å²) in [6.07, 6.45) is 0. The molecule has 1 N–H and O–H groups in total. The van der Waals surface area contributed by atoms with E-state index in [2.05, 4.69) is 35.1 Å². The van der Waals surface area contributed by atoms with E-state index in [1.54, 1.807) is 18.9 Å². The summed E-state index contributed by atoms with van der Waals surface area (Å²) in [7, 11) is 1.57. The highest BCUT2D eigenvalue weighted by Gasteiger charge is 2.26. The van der Waals surface area contributed by atoms with Gasteiger partial charge in [-0.15, -0.1) is 0 Å². The number of rotatable bonds is 8. The largest absolute Gasteiger partial charge is 0.483 e. The molecule has 2 amide bonds. The monoisotopic (exact) mass is 446 g/mol. The first-order chi connectivity index (χ1) is 13.3. The van der Waals surface area contributed by atoms with Gasteiger partial charge >= 0.3 is 0 Å². The Morgan fingerprint density at radius 3 is 2.46 bits per heavy atom. The molecule has 0 aliphatic rings. The van der Waals surface area contributed by atoms with Gasteiger partial charge in [0.2, 0.25) is 5.91 Å². The second-order valence-electron chi connectivity index (χ2n) is 6.92. The highest BCUT2D eigenvalue weighted by molar-refractivity contribution is 9.10. The fourth-order valence-electron chi connectivity index (χ4n) is 2.93. The van der Waals surface area contributed by atoms with Crippen molar-refractivity contribution in [3.05, 3.63) is 64.1 Å². The second-order valence-corrected chi connectivity index (χ2v) is 7.84. The number of nitrogens with one attached hydrogen (secondary N) is 1. The van der Waals surface area contributed by atoms with Crippen LogP contribution in [0, 0.1) is 0 Å². The number of benzene rings is 2. The third-order valence-corrected chi connectivity index (χ3v) is 5.04. The van der Waals surface area contributed by atoms with Gasteiger partial charge in [0.1, 0.15) is 11.8 Å². The van der Waals surface area contributed by atoms with Crippen molar-refractivity contribution in [3.63, 3.8) is 0 Å². The van der Waals surface area contributed by atoms with Gasteiger partial charge < -0.3 is 15.0 Å². The van der Waals surface area contributed by atoms with Crippen molar-refractivity contribution >= 4 is 27.7 Å². The third kappa shape index (κ3) is 5.83. The molecule has 0 unspecified atom stereocenters. The van der Waals surface area contributed by atoms with Crippen LogP contribution in [0.25, 0.3) is 0 Å². The number of likely N-dealkylation sites (N-methyl/N-ethyl adjacent to an activating group) is 1. The number of nitrogens with zero attached hydrogens (tertiary/aromatic N) is 1. The summed E-state index contributed by atoms with van der Waals surface area (Å²) >= 11 is 3.44. The van der Waals surface area contributed by atoms with Crippen LogP contribution in [-0.2, 0) is 16.1 Å². The lowest BCUT2D eigenvalue weighted by molar-refractivity contribution is -0.142. The normalized spacial score (nSPS) is 11.8. The zero-order valence-corrected chi connectivity index (χ0v) is 18.3. The SMILES string of the molecule is CNC(=O)[C@@H](C)N(Cc1cccc(Br)c1)C(=O)COc1ccccc1C(C)C. The van der Waals surface area contributed by atoms with Crippen LogP contribution in [0.5, 0.6) is 5.75 Å². The number of hydrogen-bond acceptors (Lipinski definition) is 3. The van der Waals surface area contributed by atoms with Crippen LogP contribution in [-0.4, -0.2) is 36.4 Å². The fraction of sp³-hybridized carbons (Fsp3) is 0.364. The molecule has 2 rings (SSSR count). The molecule has 2 aromatic carbocycles. The minimum atomic E-state index is -0.611. The number of ether oxygens (including phenoxy) is 1. The molecule has 0 bridgehead atoms. The van der Waals surface area contributed by atoms with Crippen molar-refractivity contribution in [1.29, 1.82) is 0 Å². The highest BCUT2D eigenvalue weighted by atomic mass is 79.9. The molecule has 0 fully saturated rings. The average Bonchev–Trinajstić information content (AvgIpc) is 2.69. The number of para-hydroxylation sites is 1. The molecule has 0 spiro atoms. The standard InChI is InChI=1S/C22H27BrN2O3/c1-15(2)19-10-5-6-11-20(19)28-14-21(26)25(16(3)22(27)24-4)13-17-8-7-9-18(23)12-17/h5-12,15-16H,13-14H2,1-4H3,(H,24,27)/t16-/m1/s1. The molecule has 2 aromatic rings. The number of amides is 2. The minimum Gasteiger partial charge on any atom is -0.483 e. The van der Waals surface area contributed by atoms with Crippen LogP contribution < -0.4 is 10.1 Å². The Labute approximate surface area is 175 Å². The molecule has 150 valence electrons. The van der Waals surface area contributed by atoms with E-state index in [0.717, 1.165) is 15.6 Å². The van der Waals surface area contributed by atoms with Gasteiger partial charge in [-0.25, -0.2) is 0 Å². The quantitative estimate of drug-likeness (QED) is 0.663. The van der Waals surface area contributed by atoms with Crippen LogP contribution in [0.3, 0.4) is 0 Å².